The molecule has 0 aliphatic carbocycles. The van der Waals surface area contributed by atoms with Crippen molar-refractivity contribution in [2.45, 2.75) is 45.0 Å². The molecule has 1 saturated heterocycles. The number of benzene rings is 1. The lowest BCUT2D eigenvalue weighted by molar-refractivity contribution is -0.139. The van der Waals surface area contributed by atoms with Crippen molar-refractivity contribution in [3.8, 4) is 0 Å². The molecule has 2 aliphatic rings. The molecule has 122 valence electrons. The van der Waals surface area contributed by atoms with Crippen LogP contribution in [0.15, 0.2) is 18.2 Å². The number of hydrogen-bond donors (Lipinski definition) is 3. The molecule has 2 aliphatic heterocycles. The van der Waals surface area contributed by atoms with E-state index in [2.05, 4.69) is 10.6 Å². The van der Waals surface area contributed by atoms with Crippen LogP contribution in [0.5, 0.6) is 0 Å². The maximum Gasteiger partial charge on any atom is 0.259 e. The lowest BCUT2D eigenvalue weighted by Crippen LogP contribution is -2.53. The number of rotatable bonds is 3. The highest BCUT2D eigenvalue weighted by atomic mass is 16.3. The molecule has 1 aromatic rings. The highest BCUT2D eigenvalue weighted by molar-refractivity contribution is 6.08. The van der Waals surface area contributed by atoms with Gasteiger partial charge in [0, 0.05) is 23.7 Å². The van der Waals surface area contributed by atoms with E-state index in [0.717, 1.165) is 4.90 Å². The highest BCUT2D eigenvalue weighted by Gasteiger charge is 2.45. The number of hydrogen-bond acceptors (Lipinski definition) is 5. The summed E-state index contributed by atoms with van der Waals surface area (Å²) in [6.45, 7) is 3.90. The smallest absolute Gasteiger partial charge is 0.259 e. The van der Waals surface area contributed by atoms with E-state index in [0.29, 0.717) is 16.8 Å². The third kappa shape index (κ3) is 2.57. The third-order valence-electron chi connectivity index (χ3n) is 4.08. The summed E-state index contributed by atoms with van der Waals surface area (Å²) < 4.78 is 0. The molecule has 0 radical (unpaired) electrons. The van der Waals surface area contributed by atoms with Crippen LogP contribution in [0.2, 0.25) is 0 Å². The summed E-state index contributed by atoms with van der Waals surface area (Å²) in [7, 11) is 0. The van der Waals surface area contributed by atoms with Crippen LogP contribution < -0.4 is 10.6 Å². The Bertz CT molecular complexity index is 686. The highest BCUT2D eigenvalue weighted by Crippen LogP contribution is 2.38. The predicted molar refractivity (Wildman–Crippen MR) is 82.5 cm³/mol. The number of anilines is 1. The van der Waals surface area contributed by atoms with Gasteiger partial charge in [-0.3, -0.25) is 24.6 Å². The Labute approximate surface area is 133 Å². The molecular formula is C16H19N3O4. The van der Waals surface area contributed by atoms with Crippen LogP contribution in [0.1, 0.15) is 48.8 Å². The molecule has 0 bridgehead atoms. The number of fused-ring (bicyclic) bond motifs is 1. The van der Waals surface area contributed by atoms with E-state index >= 15 is 0 Å². The number of imide groups is 1. The van der Waals surface area contributed by atoms with Gasteiger partial charge in [0.1, 0.15) is 6.04 Å². The number of aliphatic hydroxyl groups excluding tert-OH is 1. The van der Waals surface area contributed by atoms with Crippen molar-refractivity contribution in [1.29, 1.82) is 0 Å². The van der Waals surface area contributed by atoms with Crippen molar-refractivity contribution in [1.82, 2.24) is 10.2 Å². The maximum absolute atomic E-state index is 12.8. The lowest BCUT2D eigenvalue weighted by Gasteiger charge is -2.31. The second kappa shape index (κ2) is 5.66. The average molecular weight is 317 g/mol. The lowest BCUT2D eigenvalue weighted by atomic mass is 10.0. The number of nitrogens with one attached hydrogen (secondary N) is 2. The van der Waals surface area contributed by atoms with Crippen molar-refractivity contribution in [2.24, 2.45) is 0 Å². The molecule has 7 nitrogen and oxygen atoms in total. The Morgan fingerprint density at radius 2 is 2.04 bits per heavy atom. The van der Waals surface area contributed by atoms with E-state index in [-0.39, 0.29) is 24.8 Å². The molecule has 2 atom stereocenters. The number of aliphatic hydroxyl groups is 1. The molecule has 3 N–H and O–H groups in total. The van der Waals surface area contributed by atoms with E-state index in [4.69, 9.17) is 0 Å². The molecule has 0 aromatic heterocycles. The first-order chi connectivity index (χ1) is 10.9. The van der Waals surface area contributed by atoms with Gasteiger partial charge < -0.3 is 10.4 Å². The molecule has 1 aromatic carbocycles. The molecule has 3 amide bonds. The van der Waals surface area contributed by atoms with Crippen LogP contribution in [-0.2, 0) is 9.59 Å². The summed E-state index contributed by atoms with van der Waals surface area (Å²) in [5.74, 6) is -1.29. The van der Waals surface area contributed by atoms with Crippen LogP contribution in [-0.4, -0.2) is 39.8 Å². The molecule has 1 fully saturated rings. The van der Waals surface area contributed by atoms with Crippen molar-refractivity contribution < 1.29 is 19.5 Å². The molecule has 23 heavy (non-hydrogen) atoms. The standard InChI is InChI=1S/C16H19N3O4/c1-8(2)17-10-5-3-4-9-13(10)16(23)19(15(9)22)11-6-7-12(20)18-14(11)21/h3-5,8,11,15,17,22H,6-7H2,1-2H3,(H,18,20,21). The normalized spacial score (nSPS) is 24.0. The second-order valence-electron chi connectivity index (χ2n) is 6.12. The van der Waals surface area contributed by atoms with E-state index in [1.54, 1.807) is 18.2 Å². The molecular weight excluding hydrogens is 298 g/mol. The minimum Gasteiger partial charge on any atom is -0.382 e. The molecule has 0 spiro atoms. The third-order valence-corrected chi connectivity index (χ3v) is 4.08. The van der Waals surface area contributed by atoms with Gasteiger partial charge in [-0.15, -0.1) is 0 Å². The molecule has 0 saturated carbocycles. The fraction of sp³-hybridized carbons (Fsp3) is 0.438. The van der Waals surface area contributed by atoms with Gasteiger partial charge in [-0.1, -0.05) is 12.1 Å². The van der Waals surface area contributed by atoms with Crippen LogP contribution in [0.25, 0.3) is 0 Å². The Balaban J connectivity index is 1.96. The second-order valence-corrected chi connectivity index (χ2v) is 6.12. The number of amides is 3. The Morgan fingerprint density at radius 1 is 1.30 bits per heavy atom. The molecule has 3 rings (SSSR count). The van der Waals surface area contributed by atoms with Crippen LogP contribution >= 0.6 is 0 Å². The Morgan fingerprint density at radius 3 is 2.70 bits per heavy atom. The summed E-state index contributed by atoms with van der Waals surface area (Å²) in [4.78, 5) is 37.3. The fourth-order valence-electron chi connectivity index (χ4n) is 3.10. The van der Waals surface area contributed by atoms with Crippen molar-refractivity contribution >= 4 is 23.4 Å². The van der Waals surface area contributed by atoms with Gasteiger partial charge in [0.2, 0.25) is 11.8 Å². The van der Waals surface area contributed by atoms with Gasteiger partial charge in [-0.05, 0) is 26.3 Å². The van der Waals surface area contributed by atoms with E-state index in [1.165, 1.54) is 0 Å². The van der Waals surface area contributed by atoms with Gasteiger partial charge >= 0.3 is 0 Å². The van der Waals surface area contributed by atoms with Crippen LogP contribution in [0, 0.1) is 0 Å². The van der Waals surface area contributed by atoms with Crippen LogP contribution in [0.4, 0.5) is 5.69 Å². The minimum absolute atomic E-state index is 0.121. The SMILES string of the molecule is CC(C)Nc1cccc2c1C(=O)N(C1CCC(=O)NC1=O)C2O. The summed E-state index contributed by atoms with van der Waals surface area (Å²) in [5, 5.41) is 15.9. The zero-order valence-electron chi connectivity index (χ0n) is 13.0. The minimum atomic E-state index is -1.18. The first-order valence-corrected chi connectivity index (χ1v) is 7.64. The topological polar surface area (TPSA) is 98.7 Å². The summed E-state index contributed by atoms with van der Waals surface area (Å²) in [6, 6.07) is 4.49. The zero-order valence-corrected chi connectivity index (χ0v) is 13.0. The molecule has 2 heterocycles. The fourth-order valence-corrected chi connectivity index (χ4v) is 3.10. The summed E-state index contributed by atoms with van der Waals surface area (Å²) in [5.41, 5.74) is 1.50. The number of carbonyl (C=O) groups is 3. The first kappa shape index (κ1) is 15.5. The van der Waals surface area contributed by atoms with Gasteiger partial charge in [0.05, 0.1) is 5.56 Å². The number of carbonyl (C=O) groups excluding carboxylic acids is 3. The largest absolute Gasteiger partial charge is 0.382 e. The quantitative estimate of drug-likeness (QED) is 0.715. The van der Waals surface area contributed by atoms with Gasteiger partial charge in [-0.25, -0.2) is 0 Å². The zero-order chi connectivity index (χ0) is 16.7. The van der Waals surface area contributed by atoms with Gasteiger partial charge in [-0.2, -0.15) is 0 Å². The first-order valence-electron chi connectivity index (χ1n) is 7.64. The van der Waals surface area contributed by atoms with Crippen molar-refractivity contribution in [3.05, 3.63) is 29.3 Å². The Hall–Kier alpha value is -2.41. The average Bonchev–Trinajstić information content (AvgIpc) is 2.72. The predicted octanol–water partition coefficient (Wildman–Crippen LogP) is 0.759. The van der Waals surface area contributed by atoms with Crippen molar-refractivity contribution in [2.75, 3.05) is 5.32 Å². The van der Waals surface area contributed by atoms with Crippen molar-refractivity contribution in [3.63, 3.8) is 0 Å². The molecule has 7 heteroatoms. The number of piperidine rings is 1. The Kier molecular flexibility index (Phi) is 3.81. The summed E-state index contributed by atoms with van der Waals surface area (Å²) in [6.07, 6.45) is -0.815. The van der Waals surface area contributed by atoms with E-state index in [1.807, 2.05) is 13.8 Å². The monoisotopic (exact) mass is 317 g/mol. The van der Waals surface area contributed by atoms with Crippen LogP contribution in [0.3, 0.4) is 0 Å². The maximum atomic E-state index is 12.8. The summed E-state index contributed by atoms with van der Waals surface area (Å²) >= 11 is 0. The van der Waals surface area contributed by atoms with Gasteiger partial charge in [0.25, 0.3) is 5.91 Å². The van der Waals surface area contributed by atoms with E-state index in [9.17, 15) is 19.5 Å². The molecule has 2 unspecified atom stereocenters. The number of nitrogens with zero attached hydrogens (tertiary/aromatic N) is 1. The van der Waals surface area contributed by atoms with Gasteiger partial charge in [0.15, 0.2) is 6.23 Å². The van der Waals surface area contributed by atoms with E-state index < -0.39 is 24.1 Å².